The number of furan rings is 1. The van der Waals surface area contributed by atoms with E-state index in [2.05, 4.69) is 0 Å². The fourth-order valence-corrected chi connectivity index (χ4v) is 4.84. The van der Waals surface area contributed by atoms with Crippen LogP contribution in [-0.4, -0.2) is 0 Å². The lowest BCUT2D eigenvalue weighted by molar-refractivity contribution is -0.660. The Labute approximate surface area is 195 Å². The lowest BCUT2D eigenvalue weighted by Gasteiger charge is -2.21. The van der Waals surface area contributed by atoms with Crippen molar-refractivity contribution in [2.75, 3.05) is 0 Å². The van der Waals surface area contributed by atoms with E-state index in [1.165, 1.54) is 0 Å². The summed E-state index contributed by atoms with van der Waals surface area (Å²) in [5, 5.41) is 1.27. The fraction of sp³-hybridized carbons (Fsp3) is 0.207. The first-order valence-electron chi connectivity index (χ1n) is 14.7. The third kappa shape index (κ3) is 2.42. The Morgan fingerprint density at radius 3 is 2.61 bits per heavy atom. The highest BCUT2D eigenvalue weighted by Crippen LogP contribution is 2.51. The monoisotopic (exact) mass is 413 g/mol. The van der Waals surface area contributed by atoms with Gasteiger partial charge < -0.3 is 4.42 Å². The SMILES string of the molecule is [2H]C([2H])([2H])c1cc[n+](C)c(-c2c(C)ccc3c2oc2cc4c(cc23)C(C([2H])([2H])[2H])(C([2H])([2H])[2H])c2ccccc2-4)c1. The normalized spacial score (nSPS) is 19.7. The van der Waals surface area contributed by atoms with Crippen molar-refractivity contribution in [3.05, 3.63) is 89.1 Å². The van der Waals surface area contributed by atoms with Gasteiger partial charge in [-0.15, -0.1) is 0 Å². The van der Waals surface area contributed by atoms with Crippen LogP contribution < -0.4 is 4.57 Å². The molecule has 0 atom stereocenters. The van der Waals surface area contributed by atoms with Gasteiger partial charge in [0.15, 0.2) is 6.20 Å². The predicted octanol–water partition coefficient (Wildman–Crippen LogP) is 7.00. The van der Waals surface area contributed by atoms with Gasteiger partial charge in [0.05, 0.1) is 5.56 Å². The highest BCUT2D eigenvalue weighted by atomic mass is 16.3. The van der Waals surface area contributed by atoms with Crippen molar-refractivity contribution < 1.29 is 21.3 Å². The van der Waals surface area contributed by atoms with Gasteiger partial charge >= 0.3 is 0 Å². The Balaban J connectivity index is 1.72. The quantitative estimate of drug-likeness (QED) is 0.270. The Hall–Kier alpha value is -3.39. The summed E-state index contributed by atoms with van der Waals surface area (Å²) in [4.78, 5) is 0. The molecule has 152 valence electrons. The Kier molecular flexibility index (Phi) is 2.21. The van der Waals surface area contributed by atoms with Crippen molar-refractivity contribution in [2.45, 2.75) is 32.9 Å². The molecule has 0 aliphatic heterocycles. The van der Waals surface area contributed by atoms with Gasteiger partial charge in [-0.3, -0.25) is 0 Å². The minimum absolute atomic E-state index is 0.198. The van der Waals surface area contributed by atoms with Gasteiger partial charge in [-0.25, -0.2) is 4.57 Å². The molecule has 0 fully saturated rings. The van der Waals surface area contributed by atoms with Gasteiger partial charge in [0.25, 0.3) is 0 Å². The zero-order valence-electron chi connectivity index (χ0n) is 26.2. The molecule has 2 nitrogen and oxygen atoms in total. The van der Waals surface area contributed by atoms with E-state index in [1.54, 1.807) is 54.7 Å². The van der Waals surface area contributed by atoms with E-state index in [1.807, 2.05) is 30.7 Å². The molecule has 0 amide bonds. The maximum Gasteiger partial charge on any atom is 0.216 e. The minimum atomic E-state index is -2.86. The molecule has 0 saturated carbocycles. The topological polar surface area (TPSA) is 17.0 Å². The molecule has 3 aromatic carbocycles. The molecule has 0 saturated heterocycles. The van der Waals surface area contributed by atoms with Crippen molar-refractivity contribution in [1.82, 2.24) is 0 Å². The van der Waals surface area contributed by atoms with Gasteiger partial charge in [0.1, 0.15) is 18.2 Å². The number of hydrogen-bond acceptors (Lipinski definition) is 1. The van der Waals surface area contributed by atoms with Crippen molar-refractivity contribution in [3.8, 4) is 22.4 Å². The minimum Gasteiger partial charge on any atom is -0.455 e. The highest BCUT2D eigenvalue weighted by Gasteiger charge is 2.36. The maximum absolute atomic E-state index is 8.50. The molecule has 0 N–H and O–H groups in total. The van der Waals surface area contributed by atoms with Gasteiger partial charge in [-0.1, -0.05) is 50.1 Å². The van der Waals surface area contributed by atoms with E-state index in [0.29, 0.717) is 44.3 Å². The smallest absolute Gasteiger partial charge is 0.216 e. The van der Waals surface area contributed by atoms with Crippen molar-refractivity contribution in [3.63, 3.8) is 0 Å². The van der Waals surface area contributed by atoms with Crippen LogP contribution in [0.3, 0.4) is 0 Å². The van der Waals surface area contributed by atoms with Crippen molar-refractivity contribution >= 4 is 21.9 Å². The first-order chi connectivity index (χ1) is 18.6. The van der Waals surface area contributed by atoms with Crippen LogP contribution in [0.2, 0.25) is 0 Å². The van der Waals surface area contributed by atoms with Crippen LogP contribution in [0.15, 0.2) is 71.3 Å². The molecule has 2 aromatic heterocycles. The molecular formula is C29H26NO+. The molecular weight excluding hydrogens is 378 g/mol. The molecule has 0 spiro atoms. The number of nitrogens with zero attached hydrogens (tertiary/aromatic N) is 1. The van der Waals surface area contributed by atoms with Crippen molar-refractivity contribution in [1.29, 1.82) is 0 Å². The molecule has 2 heterocycles. The molecule has 5 aromatic rings. The van der Waals surface area contributed by atoms with E-state index in [4.69, 9.17) is 16.8 Å². The average Bonchev–Trinajstić information content (AvgIpc) is 3.35. The summed E-state index contributed by atoms with van der Waals surface area (Å²) in [6, 6.07) is 17.1. The fourth-order valence-electron chi connectivity index (χ4n) is 4.84. The van der Waals surface area contributed by atoms with E-state index in [9.17, 15) is 0 Å². The van der Waals surface area contributed by atoms with Crippen molar-refractivity contribution in [2.24, 2.45) is 7.05 Å². The van der Waals surface area contributed by atoms with Crippen LogP contribution in [0.4, 0.5) is 0 Å². The Morgan fingerprint density at radius 1 is 0.903 bits per heavy atom. The summed E-state index contributed by atoms with van der Waals surface area (Å²) in [6.07, 6.45) is 1.70. The number of fused-ring (bicyclic) bond motifs is 6. The summed E-state index contributed by atoms with van der Waals surface area (Å²) in [6.45, 7) is -6.11. The number of hydrogen-bond donors (Lipinski definition) is 0. The van der Waals surface area contributed by atoms with Crippen LogP contribution in [0.1, 0.15) is 48.3 Å². The number of benzene rings is 3. The largest absolute Gasteiger partial charge is 0.455 e. The molecule has 2 heteroatoms. The van der Waals surface area contributed by atoms with E-state index >= 15 is 0 Å². The third-order valence-corrected chi connectivity index (χ3v) is 6.42. The number of pyridine rings is 1. The molecule has 0 bridgehead atoms. The predicted molar refractivity (Wildman–Crippen MR) is 127 cm³/mol. The summed E-state index contributed by atoms with van der Waals surface area (Å²) < 4.78 is 82.9. The molecule has 31 heavy (non-hydrogen) atoms. The molecule has 6 rings (SSSR count). The summed E-state index contributed by atoms with van der Waals surface area (Å²) >= 11 is 0. The summed E-state index contributed by atoms with van der Waals surface area (Å²) in [7, 11) is 1.83. The second kappa shape index (κ2) is 6.07. The standard InChI is InChI=1S/C29H26NO/c1-17-12-13-30(5)25(14-17)27-18(2)10-11-20-22-15-24-21(16-26(22)31-28(20)27)19-8-6-7-9-23(19)29(24,3)4/h6-16H,1-5H3/q+1/i1D3,3D3,4D3. The first kappa shape index (κ1) is 11.3. The number of rotatable bonds is 1. The van der Waals surface area contributed by atoms with Crippen LogP contribution >= 0.6 is 0 Å². The molecule has 0 radical (unpaired) electrons. The van der Waals surface area contributed by atoms with Gasteiger partial charge in [-0.05, 0) is 59.3 Å². The van der Waals surface area contributed by atoms with Gasteiger partial charge in [0.2, 0.25) is 5.69 Å². The van der Waals surface area contributed by atoms with Crippen LogP contribution in [0.25, 0.3) is 44.3 Å². The number of aromatic nitrogens is 1. The van der Waals surface area contributed by atoms with E-state index in [-0.39, 0.29) is 16.7 Å². The van der Waals surface area contributed by atoms with Crippen LogP contribution in [0.5, 0.6) is 0 Å². The zero-order chi connectivity index (χ0) is 29.0. The second-order valence-electron chi connectivity index (χ2n) is 8.34. The number of aryl methyl sites for hydroxylation is 3. The van der Waals surface area contributed by atoms with Crippen LogP contribution in [-0.2, 0) is 12.5 Å². The first-order valence-corrected chi connectivity index (χ1v) is 10.2. The second-order valence-corrected chi connectivity index (χ2v) is 8.34. The third-order valence-electron chi connectivity index (χ3n) is 6.42. The Bertz CT molecular complexity index is 1830. The summed E-state index contributed by atoms with van der Waals surface area (Å²) in [5.74, 6) is 0. The molecule has 1 aliphatic rings. The van der Waals surface area contributed by atoms with E-state index < -0.39 is 26.0 Å². The highest BCUT2D eigenvalue weighted by molar-refractivity contribution is 6.11. The maximum atomic E-state index is 8.50. The van der Waals surface area contributed by atoms with Gasteiger partial charge in [0, 0.05) is 40.7 Å². The van der Waals surface area contributed by atoms with Crippen LogP contribution in [0, 0.1) is 13.8 Å². The van der Waals surface area contributed by atoms with E-state index in [0.717, 1.165) is 5.56 Å². The average molecular weight is 414 g/mol. The zero-order valence-corrected chi connectivity index (χ0v) is 17.2. The lowest BCUT2D eigenvalue weighted by atomic mass is 9.82. The Morgan fingerprint density at radius 2 is 1.77 bits per heavy atom. The molecule has 1 aliphatic carbocycles. The lowest BCUT2D eigenvalue weighted by Crippen LogP contribution is -2.30. The summed E-state index contributed by atoms with van der Waals surface area (Å²) in [5.41, 5.74) is 2.75. The van der Waals surface area contributed by atoms with Gasteiger partial charge in [-0.2, -0.15) is 0 Å². The molecule has 0 unspecified atom stereocenters.